The highest BCUT2D eigenvalue weighted by Crippen LogP contribution is 1.97. The van der Waals surface area contributed by atoms with E-state index >= 15 is 0 Å². The number of hydrogen-bond donors (Lipinski definition) is 1. The standard InChI is InChI=1S/C16H34O10S/c1-16(27(17,18)19)15-26-14-13-25-12-11-24-10-9-23-8-7-22-6-5-21-4-3-20-2/h16H,3-15H2,1-2H3,(H,17,18,19). The maximum Gasteiger partial charge on any atom is 0.269 e. The Balaban J connectivity index is 3.11. The SMILES string of the molecule is COCCOCCOCCOCCOCCOCCOCC(C)S(=O)(=O)O. The molecule has 0 saturated carbocycles. The van der Waals surface area contributed by atoms with Gasteiger partial charge in [-0.25, -0.2) is 0 Å². The summed E-state index contributed by atoms with van der Waals surface area (Å²) in [4.78, 5) is 0. The molecule has 11 heteroatoms. The molecule has 1 N–H and O–H groups in total. The van der Waals surface area contributed by atoms with Crippen molar-refractivity contribution in [3.05, 3.63) is 0 Å². The smallest absolute Gasteiger partial charge is 0.269 e. The molecular formula is C16H34O10S. The molecule has 0 saturated heterocycles. The van der Waals surface area contributed by atoms with Gasteiger partial charge in [0, 0.05) is 7.11 Å². The van der Waals surface area contributed by atoms with E-state index in [-0.39, 0.29) is 13.2 Å². The molecule has 0 amide bonds. The first kappa shape index (κ1) is 26.6. The van der Waals surface area contributed by atoms with Crippen molar-refractivity contribution in [2.24, 2.45) is 0 Å². The van der Waals surface area contributed by atoms with Crippen molar-refractivity contribution < 1.29 is 46.1 Å². The predicted molar refractivity (Wildman–Crippen MR) is 97.8 cm³/mol. The monoisotopic (exact) mass is 418 g/mol. The maximum absolute atomic E-state index is 10.8. The van der Waals surface area contributed by atoms with Gasteiger partial charge in [0.25, 0.3) is 10.1 Å². The minimum Gasteiger partial charge on any atom is -0.382 e. The van der Waals surface area contributed by atoms with E-state index in [0.29, 0.717) is 72.7 Å². The fourth-order valence-corrected chi connectivity index (χ4v) is 1.85. The summed E-state index contributed by atoms with van der Waals surface area (Å²) >= 11 is 0. The van der Waals surface area contributed by atoms with E-state index in [4.69, 9.17) is 37.7 Å². The normalized spacial score (nSPS) is 13.1. The fourth-order valence-electron chi connectivity index (χ4n) is 1.58. The van der Waals surface area contributed by atoms with E-state index < -0.39 is 15.4 Å². The minimum atomic E-state index is -4.04. The molecule has 1 unspecified atom stereocenters. The number of methoxy groups -OCH3 is 1. The Morgan fingerprint density at radius 1 is 0.630 bits per heavy atom. The van der Waals surface area contributed by atoms with Gasteiger partial charge in [0.15, 0.2) is 0 Å². The molecule has 0 aliphatic rings. The van der Waals surface area contributed by atoms with Crippen LogP contribution in [0.1, 0.15) is 6.92 Å². The van der Waals surface area contributed by atoms with Crippen LogP contribution in [0, 0.1) is 0 Å². The molecule has 0 fully saturated rings. The van der Waals surface area contributed by atoms with Crippen molar-refractivity contribution >= 4 is 10.1 Å². The van der Waals surface area contributed by atoms with E-state index in [1.807, 2.05) is 0 Å². The second kappa shape index (κ2) is 19.0. The molecule has 0 rings (SSSR count). The zero-order valence-corrected chi connectivity index (χ0v) is 17.1. The molecule has 0 aliphatic heterocycles. The van der Waals surface area contributed by atoms with Crippen LogP contribution >= 0.6 is 0 Å². The van der Waals surface area contributed by atoms with Crippen LogP contribution in [-0.2, 0) is 43.3 Å². The molecule has 0 radical (unpaired) electrons. The first-order valence-corrected chi connectivity index (χ1v) is 10.4. The highest BCUT2D eigenvalue weighted by molar-refractivity contribution is 7.86. The van der Waals surface area contributed by atoms with Gasteiger partial charge >= 0.3 is 0 Å². The van der Waals surface area contributed by atoms with Gasteiger partial charge in [-0.1, -0.05) is 0 Å². The molecule has 164 valence electrons. The Morgan fingerprint density at radius 3 is 1.22 bits per heavy atom. The summed E-state index contributed by atoms with van der Waals surface area (Å²) in [5.41, 5.74) is 0. The van der Waals surface area contributed by atoms with Crippen LogP contribution in [-0.4, -0.2) is 111 Å². The molecule has 1 atom stereocenters. The molecule has 0 aromatic carbocycles. The molecule has 0 aromatic rings. The first-order valence-electron chi connectivity index (χ1n) is 8.90. The van der Waals surface area contributed by atoms with Crippen LogP contribution in [0.25, 0.3) is 0 Å². The molecule has 0 spiro atoms. The summed E-state index contributed by atoms with van der Waals surface area (Å²) in [6.07, 6.45) is 0. The Morgan fingerprint density at radius 2 is 0.926 bits per heavy atom. The highest BCUT2D eigenvalue weighted by Gasteiger charge is 2.16. The highest BCUT2D eigenvalue weighted by atomic mass is 32.2. The summed E-state index contributed by atoms with van der Waals surface area (Å²) in [6, 6.07) is 0. The van der Waals surface area contributed by atoms with Crippen LogP contribution < -0.4 is 0 Å². The van der Waals surface area contributed by atoms with Gasteiger partial charge in [-0.15, -0.1) is 0 Å². The predicted octanol–water partition coefficient (Wildman–Crippen LogP) is 0.00870. The zero-order valence-electron chi connectivity index (χ0n) is 16.3. The Labute approximate surface area is 162 Å². The quantitative estimate of drug-likeness (QED) is 0.202. The van der Waals surface area contributed by atoms with Crippen LogP contribution in [0.2, 0.25) is 0 Å². The van der Waals surface area contributed by atoms with Crippen LogP contribution in [0.4, 0.5) is 0 Å². The fraction of sp³-hybridized carbons (Fsp3) is 1.00. The third kappa shape index (κ3) is 20.2. The van der Waals surface area contributed by atoms with Gasteiger partial charge in [-0.2, -0.15) is 8.42 Å². The van der Waals surface area contributed by atoms with E-state index in [0.717, 1.165) is 0 Å². The van der Waals surface area contributed by atoms with Gasteiger partial charge in [0.2, 0.25) is 0 Å². The summed E-state index contributed by atoms with van der Waals surface area (Å²) in [5, 5.41) is -0.944. The summed E-state index contributed by atoms with van der Waals surface area (Å²) < 4.78 is 66.7. The summed E-state index contributed by atoms with van der Waals surface area (Å²) in [6.45, 7) is 6.87. The second-order valence-corrected chi connectivity index (χ2v) is 7.29. The molecule has 0 aromatic heterocycles. The van der Waals surface area contributed by atoms with Gasteiger partial charge < -0.3 is 33.2 Å². The topological polar surface area (TPSA) is 119 Å². The molecular weight excluding hydrogens is 384 g/mol. The lowest BCUT2D eigenvalue weighted by Gasteiger charge is -2.10. The largest absolute Gasteiger partial charge is 0.382 e. The van der Waals surface area contributed by atoms with Gasteiger partial charge in [0.1, 0.15) is 5.25 Å². The maximum atomic E-state index is 10.8. The minimum absolute atomic E-state index is 0.0689. The van der Waals surface area contributed by atoms with Crippen LogP contribution in [0.5, 0.6) is 0 Å². The van der Waals surface area contributed by atoms with Crippen molar-refractivity contribution in [1.82, 2.24) is 0 Å². The van der Waals surface area contributed by atoms with E-state index in [9.17, 15) is 8.42 Å². The average Bonchev–Trinajstić information content (AvgIpc) is 2.62. The Kier molecular flexibility index (Phi) is 18.7. The molecule has 0 heterocycles. The van der Waals surface area contributed by atoms with E-state index in [1.54, 1.807) is 7.11 Å². The van der Waals surface area contributed by atoms with Crippen molar-refractivity contribution in [3.8, 4) is 0 Å². The first-order chi connectivity index (χ1) is 13.0. The lowest BCUT2D eigenvalue weighted by molar-refractivity contribution is -0.0190. The molecule has 10 nitrogen and oxygen atoms in total. The second-order valence-electron chi connectivity index (χ2n) is 5.46. The third-order valence-electron chi connectivity index (χ3n) is 3.15. The van der Waals surface area contributed by atoms with Crippen molar-refractivity contribution in [2.75, 3.05) is 93.0 Å². The average molecular weight is 419 g/mol. The van der Waals surface area contributed by atoms with Crippen LogP contribution in [0.15, 0.2) is 0 Å². The van der Waals surface area contributed by atoms with Crippen molar-refractivity contribution in [1.29, 1.82) is 0 Å². The third-order valence-corrected chi connectivity index (χ3v) is 4.31. The summed E-state index contributed by atoms with van der Waals surface area (Å²) in [7, 11) is -2.41. The van der Waals surface area contributed by atoms with Crippen LogP contribution in [0.3, 0.4) is 0 Å². The van der Waals surface area contributed by atoms with Gasteiger partial charge in [-0.3, -0.25) is 4.55 Å². The molecule has 0 bridgehead atoms. The van der Waals surface area contributed by atoms with Crippen molar-refractivity contribution in [2.45, 2.75) is 12.2 Å². The van der Waals surface area contributed by atoms with Gasteiger partial charge in [-0.05, 0) is 6.92 Å². The van der Waals surface area contributed by atoms with Crippen molar-refractivity contribution in [3.63, 3.8) is 0 Å². The Hall–Kier alpha value is -0.370. The number of hydrogen-bond acceptors (Lipinski definition) is 9. The Bertz CT molecular complexity index is 404. The van der Waals surface area contributed by atoms with E-state index in [2.05, 4.69) is 0 Å². The lowest BCUT2D eigenvalue weighted by Crippen LogP contribution is -2.23. The van der Waals surface area contributed by atoms with E-state index in [1.165, 1.54) is 6.92 Å². The molecule has 0 aliphatic carbocycles. The number of ether oxygens (including phenoxy) is 7. The molecule has 27 heavy (non-hydrogen) atoms. The lowest BCUT2D eigenvalue weighted by atomic mass is 10.5. The van der Waals surface area contributed by atoms with Gasteiger partial charge in [0.05, 0.1) is 85.9 Å². The zero-order chi connectivity index (χ0) is 20.2. The summed E-state index contributed by atoms with van der Waals surface area (Å²) in [5.74, 6) is 0. The number of rotatable bonds is 21.